The van der Waals surface area contributed by atoms with Gasteiger partial charge >= 0.3 is 15.6 Å². The van der Waals surface area contributed by atoms with Crippen molar-refractivity contribution in [3.8, 4) is 5.75 Å². The van der Waals surface area contributed by atoms with Gasteiger partial charge in [0.05, 0.1) is 0 Å². The summed E-state index contributed by atoms with van der Waals surface area (Å²) in [5, 5.41) is 0. The Morgan fingerprint density at radius 3 is 2.22 bits per heavy atom. The molecule has 1 aromatic carbocycles. The Balaban J connectivity index is 2.79. The summed E-state index contributed by atoms with van der Waals surface area (Å²) in [5.41, 5.74) is -4.74. The summed E-state index contributed by atoms with van der Waals surface area (Å²) in [7, 11) is -5.63. The van der Waals surface area contributed by atoms with Crippen LogP contribution in [-0.4, -0.2) is 20.5 Å². The van der Waals surface area contributed by atoms with Gasteiger partial charge in [0.15, 0.2) is 0 Å². The van der Waals surface area contributed by atoms with Gasteiger partial charge in [-0.05, 0) is 17.7 Å². The first-order valence-electron chi connectivity index (χ1n) is 4.69. The van der Waals surface area contributed by atoms with E-state index in [9.17, 15) is 21.6 Å². The van der Waals surface area contributed by atoms with Crippen molar-refractivity contribution in [1.82, 2.24) is 0 Å². The zero-order valence-corrected chi connectivity index (χ0v) is 9.75. The maximum Gasteiger partial charge on any atom is 0.534 e. The highest BCUT2D eigenvalue weighted by atomic mass is 32.2. The molecular formula is C10H8F3NO3S. The zero-order chi connectivity index (χ0) is 13.8. The van der Waals surface area contributed by atoms with Crippen molar-refractivity contribution >= 4 is 10.1 Å². The number of hydrogen-bond acceptors (Lipinski definition) is 3. The molecule has 8 heteroatoms. The largest absolute Gasteiger partial charge is 0.534 e. The fraction of sp³-hybridized carbons (Fsp3) is 0.300. The van der Waals surface area contributed by atoms with Crippen LogP contribution in [0.1, 0.15) is 5.56 Å². The smallest absolute Gasteiger partial charge is 0.376 e. The van der Waals surface area contributed by atoms with Crippen LogP contribution in [0.25, 0.3) is 4.85 Å². The first kappa shape index (κ1) is 14.3. The van der Waals surface area contributed by atoms with Crippen LogP contribution in [0, 0.1) is 6.57 Å². The molecule has 0 radical (unpaired) electrons. The maximum absolute atomic E-state index is 12.0. The van der Waals surface area contributed by atoms with Gasteiger partial charge in [-0.25, -0.2) is 6.57 Å². The van der Waals surface area contributed by atoms with Gasteiger partial charge < -0.3 is 9.03 Å². The Labute approximate surface area is 102 Å². The van der Waals surface area contributed by atoms with Gasteiger partial charge in [0.25, 0.3) is 0 Å². The maximum atomic E-state index is 12.0. The quantitative estimate of drug-likeness (QED) is 0.483. The summed E-state index contributed by atoms with van der Waals surface area (Å²) in [6, 6.07) is 5.05. The van der Waals surface area contributed by atoms with Crippen molar-refractivity contribution in [2.75, 3.05) is 6.54 Å². The Bertz CT molecular complexity index is 543. The molecule has 0 aliphatic rings. The summed E-state index contributed by atoms with van der Waals surface area (Å²) >= 11 is 0. The predicted molar refractivity (Wildman–Crippen MR) is 57.2 cm³/mol. The Kier molecular flexibility index (Phi) is 4.19. The standard InChI is InChI=1S/C10H8F3NO3S/c1-14-7-6-8-2-4-9(5-3-8)17-18(15,16)10(11,12)13/h2-5H,6-7H2. The molecule has 18 heavy (non-hydrogen) atoms. The number of halogens is 3. The topological polar surface area (TPSA) is 47.7 Å². The average molecular weight is 279 g/mol. The van der Waals surface area contributed by atoms with Crippen LogP contribution < -0.4 is 4.18 Å². The normalized spacial score (nSPS) is 11.9. The second-order valence-electron chi connectivity index (χ2n) is 3.26. The van der Waals surface area contributed by atoms with Crippen LogP contribution in [-0.2, 0) is 16.5 Å². The van der Waals surface area contributed by atoms with Crippen LogP contribution in [0.15, 0.2) is 24.3 Å². The number of benzene rings is 1. The predicted octanol–water partition coefficient (Wildman–Crippen LogP) is 2.38. The molecule has 0 aliphatic heterocycles. The molecular weight excluding hydrogens is 271 g/mol. The lowest BCUT2D eigenvalue weighted by atomic mass is 10.1. The van der Waals surface area contributed by atoms with Gasteiger partial charge in [0, 0.05) is 6.42 Å². The molecule has 0 aromatic heterocycles. The highest BCUT2D eigenvalue weighted by Gasteiger charge is 2.48. The summed E-state index contributed by atoms with van der Waals surface area (Å²) in [6.07, 6.45) is 0.440. The molecule has 0 bridgehead atoms. The number of nitrogens with zero attached hydrogens (tertiary/aromatic N) is 1. The van der Waals surface area contributed by atoms with Crippen molar-refractivity contribution in [2.45, 2.75) is 11.9 Å². The number of alkyl halides is 3. The van der Waals surface area contributed by atoms with E-state index in [-0.39, 0.29) is 6.54 Å². The second kappa shape index (κ2) is 5.27. The van der Waals surface area contributed by atoms with E-state index in [1.54, 1.807) is 0 Å². The highest BCUT2D eigenvalue weighted by molar-refractivity contribution is 7.87. The SMILES string of the molecule is [C-]#[N+]CCc1ccc(OS(=O)(=O)C(F)(F)F)cc1. The lowest BCUT2D eigenvalue weighted by Crippen LogP contribution is -2.28. The number of hydrogen-bond donors (Lipinski definition) is 0. The van der Waals surface area contributed by atoms with E-state index in [4.69, 9.17) is 6.57 Å². The molecule has 0 heterocycles. The molecule has 0 unspecified atom stereocenters. The summed E-state index contributed by atoms with van der Waals surface area (Å²) in [5.74, 6) is -0.418. The Hall–Kier alpha value is -1.75. The van der Waals surface area contributed by atoms with Crippen molar-refractivity contribution in [3.05, 3.63) is 41.2 Å². The molecule has 1 rings (SSSR count). The molecule has 0 N–H and O–H groups in total. The average Bonchev–Trinajstić information content (AvgIpc) is 2.26. The third-order valence-electron chi connectivity index (χ3n) is 1.93. The summed E-state index contributed by atoms with van der Waals surface area (Å²) < 4.78 is 61.4. The van der Waals surface area contributed by atoms with Gasteiger partial charge in [0.1, 0.15) is 5.75 Å². The fourth-order valence-corrected chi connectivity index (χ4v) is 1.53. The van der Waals surface area contributed by atoms with Crippen molar-refractivity contribution in [1.29, 1.82) is 0 Å². The monoisotopic (exact) mass is 279 g/mol. The first-order valence-corrected chi connectivity index (χ1v) is 6.10. The minimum absolute atomic E-state index is 0.251. The molecule has 0 aliphatic carbocycles. The van der Waals surface area contributed by atoms with Crippen molar-refractivity contribution in [3.63, 3.8) is 0 Å². The summed E-state index contributed by atoms with van der Waals surface area (Å²) in [6.45, 7) is 6.83. The minimum Gasteiger partial charge on any atom is -0.376 e. The van der Waals surface area contributed by atoms with Gasteiger partial charge in [-0.1, -0.05) is 12.1 Å². The number of rotatable bonds is 4. The zero-order valence-electron chi connectivity index (χ0n) is 8.94. The molecule has 4 nitrogen and oxygen atoms in total. The van der Waals surface area contributed by atoms with E-state index < -0.39 is 21.4 Å². The van der Waals surface area contributed by atoms with Crippen LogP contribution in [0.4, 0.5) is 13.2 Å². The molecule has 0 saturated heterocycles. The molecule has 1 aromatic rings. The summed E-state index contributed by atoms with van der Waals surface area (Å²) in [4.78, 5) is 3.12. The van der Waals surface area contributed by atoms with Gasteiger partial charge in [-0.15, -0.1) is 0 Å². The molecule has 0 amide bonds. The minimum atomic E-state index is -5.63. The fourth-order valence-electron chi connectivity index (χ4n) is 1.07. The first-order chi connectivity index (χ1) is 8.26. The highest BCUT2D eigenvalue weighted by Crippen LogP contribution is 2.26. The lowest BCUT2D eigenvalue weighted by molar-refractivity contribution is -0.0500. The van der Waals surface area contributed by atoms with Crippen LogP contribution >= 0.6 is 0 Å². The van der Waals surface area contributed by atoms with Crippen LogP contribution in [0.5, 0.6) is 5.75 Å². The van der Waals surface area contributed by atoms with E-state index in [1.165, 1.54) is 12.1 Å². The van der Waals surface area contributed by atoms with Crippen molar-refractivity contribution in [2.24, 2.45) is 0 Å². The Morgan fingerprint density at radius 2 is 1.78 bits per heavy atom. The van der Waals surface area contributed by atoms with E-state index in [0.717, 1.165) is 12.1 Å². The third kappa shape index (κ3) is 3.63. The van der Waals surface area contributed by atoms with Crippen molar-refractivity contribution < 1.29 is 25.8 Å². The molecule has 0 spiro atoms. The van der Waals surface area contributed by atoms with E-state index in [1.807, 2.05) is 0 Å². The van der Waals surface area contributed by atoms with E-state index in [2.05, 4.69) is 9.03 Å². The van der Waals surface area contributed by atoms with Crippen LogP contribution in [0.2, 0.25) is 0 Å². The molecule has 0 atom stereocenters. The van der Waals surface area contributed by atoms with Gasteiger partial charge in [-0.3, -0.25) is 0 Å². The lowest BCUT2D eigenvalue weighted by Gasteiger charge is -2.09. The van der Waals surface area contributed by atoms with E-state index in [0.29, 0.717) is 12.0 Å². The van der Waals surface area contributed by atoms with Gasteiger partial charge in [-0.2, -0.15) is 21.6 Å². The molecule has 0 fully saturated rings. The third-order valence-corrected chi connectivity index (χ3v) is 2.90. The van der Waals surface area contributed by atoms with Crippen LogP contribution in [0.3, 0.4) is 0 Å². The second-order valence-corrected chi connectivity index (χ2v) is 4.80. The van der Waals surface area contributed by atoms with E-state index >= 15 is 0 Å². The Morgan fingerprint density at radius 1 is 1.22 bits per heavy atom. The van der Waals surface area contributed by atoms with Gasteiger partial charge in [0.2, 0.25) is 6.54 Å². The molecule has 0 saturated carbocycles. The molecule has 98 valence electrons.